The summed E-state index contributed by atoms with van der Waals surface area (Å²) in [6.45, 7) is 6.33. The Morgan fingerprint density at radius 2 is 2.00 bits per heavy atom. The van der Waals surface area contributed by atoms with E-state index in [1.165, 1.54) is 5.57 Å². The van der Waals surface area contributed by atoms with E-state index in [4.69, 9.17) is 9.47 Å². The molecule has 0 aliphatic carbocycles. The summed E-state index contributed by atoms with van der Waals surface area (Å²) in [4.78, 5) is 16.4. The molecule has 7 nitrogen and oxygen atoms in total. The van der Waals surface area contributed by atoms with E-state index in [1.807, 2.05) is 55.4 Å². The highest BCUT2D eigenvalue weighted by molar-refractivity contribution is 5.91. The van der Waals surface area contributed by atoms with Gasteiger partial charge in [-0.3, -0.25) is 4.79 Å². The minimum Gasteiger partial charge on any atom is -0.496 e. The number of methoxy groups -OCH3 is 1. The number of carbonyl (C=O) groups is 1. The number of benzene rings is 2. The minimum atomic E-state index is -0.342. The predicted molar refractivity (Wildman–Crippen MR) is 131 cm³/mol. The molecule has 0 radical (unpaired) electrons. The number of ether oxygens (including phenoxy) is 2. The van der Waals surface area contributed by atoms with Crippen LogP contribution >= 0.6 is 0 Å². The molecule has 0 fully saturated rings. The Hall–Kier alpha value is -3.48. The number of nitrogens with zero attached hydrogens (tertiary/aromatic N) is 3. The third kappa shape index (κ3) is 5.04. The van der Waals surface area contributed by atoms with Gasteiger partial charge in [0.2, 0.25) is 0 Å². The number of allylic oxidation sites excluding steroid dienone is 1. The van der Waals surface area contributed by atoms with Gasteiger partial charge in [-0.1, -0.05) is 12.1 Å². The number of likely N-dealkylation sites (N-methyl/N-ethyl adjacent to an activating group) is 1. The first-order chi connectivity index (χ1) is 15.1. The second-order valence-electron chi connectivity index (χ2n) is 8.62. The number of hydrazone groups is 1. The van der Waals surface area contributed by atoms with Gasteiger partial charge >= 0.3 is 0 Å². The molecule has 3 rings (SSSR count). The van der Waals surface area contributed by atoms with E-state index in [1.54, 1.807) is 13.3 Å². The topological polar surface area (TPSA) is 66.4 Å². The van der Waals surface area contributed by atoms with Crippen molar-refractivity contribution in [3.05, 3.63) is 53.6 Å². The molecule has 2 aromatic carbocycles. The molecule has 0 unspecified atom stereocenters. The molecule has 170 valence electrons. The second kappa shape index (κ2) is 9.34. The first kappa shape index (κ1) is 23.2. The molecule has 0 aromatic heterocycles. The lowest BCUT2D eigenvalue weighted by Gasteiger charge is -2.40. The second-order valence-corrected chi connectivity index (χ2v) is 8.62. The summed E-state index contributed by atoms with van der Waals surface area (Å²) in [5.74, 6) is 0.975. The van der Waals surface area contributed by atoms with E-state index in [-0.39, 0.29) is 18.1 Å². The van der Waals surface area contributed by atoms with E-state index in [0.717, 1.165) is 22.5 Å². The minimum absolute atomic E-state index is 0.0856. The van der Waals surface area contributed by atoms with E-state index in [0.29, 0.717) is 11.5 Å². The highest BCUT2D eigenvalue weighted by Gasteiger charge is 2.29. The van der Waals surface area contributed by atoms with Gasteiger partial charge in [0.1, 0.15) is 11.5 Å². The fourth-order valence-corrected chi connectivity index (χ4v) is 3.68. The Bertz CT molecular complexity index is 1060. The van der Waals surface area contributed by atoms with Gasteiger partial charge in [-0.05, 0) is 44.5 Å². The fourth-order valence-electron chi connectivity index (χ4n) is 3.68. The molecule has 0 atom stereocenters. The summed E-state index contributed by atoms with van der Waals surface area (Å²) in [5, 5.41) is 4.10. The number of hydrogen-bond acceptors (Lipinski definition) is 6. The van der Waals surface area contributed by atoms with Crippen LogP contribution in [0, 0.1) is 0 Å². The van der Waals surface area contributed by atoms with Crippen LogP contribution < -0.4 is 24.7 Å². The highest BCUT2D eigenvalue weighted by Crippen LogP contribution is 2.40. The van der Waals surface area contributed by atoms with Crippen LogP contribution in [-0.2, 0) is 4.79 Å². The van der Waals surface area contributed by atoms with Gasteiger partial charge in [0.05, 0.1) is 18.9 Å². The van der Waals surface area contributed by atoms with E-state index < -0.39 is 0 Å². The van der Waals surface area contributed by atoms with Crippen molar-refractivity contribution >= 4 is 29.1 Å². The van der Waals surface area contributed by atoms with Crippen molar-refractivity contribution in [3.8, 4) is 11.5 Å². The first-order valence-corrected chi connectivity index (χ1v) is 10.5. The van der Waals surface area contributed by atoms with Crippen LogP contribution in [0.3, 0.4) is 0 Å². The van der Waals surface area contributed by atoms with E-state index in [9.17, 15) is 4.79 Å². The Morgan fingerprint density at radius 1 is 1.25 bits per heavy atom. The average Bonchev–Trinajstić information content (AvgIpc) is 2.75. The molecule has 32 heavy (non-hydrogen) atoms. The summed E-state index contributed by atoms with van der Waals surface area (Å²) in [5.41, 5.74) is 7.62. The molecule has 7 heteroatoms. The standard InChI is InChI=1S/C25H32N4O3/c1-17-14-25(2,3)29(6)22-13-23(31-7)18(11-21(17)22)15-26-27-24(30)16-32-20-10-8-9-19(12-20)28(4)5/h8-15H,16H2,1-7H3,(H,27,30)/b26-15+. The lowest BCUT2D eigenvalue weighted by atomic mass is 9.88. The van der Waals surface area contributed by atoms with Crippen LogP contribution in [0.5, 0.6) is 11.5 Å². The Kier molecular flexibility index (Phi) is 6.77. The molecule has 0 saturated heterocycles. The number of anilines is 2. The molecule has 1 aliphatic heterocycles. The molecule has 1 amide bonds. The SMILES string of the molecule is COc1cc2c(cc1/C=N/NC(=O)COc1cccc(N(C)C)c1)C(C)=CC(C)(C)N2C. The van der Waals surface area contributed by atoms with Gasteiger partial charge in [-0.15, -0.1) is 0 Å². The molecule has 2 aromatic rings. The third-order valence-corrected chi connectivity index (χ3v) is 5.67. The number of amides is 1. The van der Waals surface area contributed by atoms with Crippen LogP contribution in [0.2, 0.25) is 0 Å². The summed E-state index contributed by atoms with van der Waals surface area (Å²) in [6, 6.07) is 11.6. The summed E-state index contributed by atoms with van der Waals surface area (Å²) in [7, 11) is 7.60. The smallest absolute Gasteiger partial charge is 0.277 e. The molecule has 1 aliphatic rings. The Morgan fingerprint density at radius 3 is 2.69 bits per heavy atom. The molecule has 0 spiro atoms. The van der Waals surface area contributed by atoms with Crippen molar-refractivity contribution in [3.63, 3.8) is 0 Å². The first-order valence-electron chi connectivity index (χ1n) is 10.5. The van der Waals surface area contributed by atoms with Gasteiger partial charge in [0.25, 0.3) is 5.91 Å². The number of fused-ring (bicyclic) bond motifs is 1. The van der Waals surface area contributed by atoms with Crippen molar-refractivity contribution in [2.24, 2.45) is 5.10 Å². The van der Waals surface area contributed by atoms with Gasteiger partial charge in [-0.25, -0.2) is 5.43 Å². The fraction of sp³-hybridized carbons (Fsp3) is 0.360. The van der Waals surface area contributed by atoms with Crippen molar-refractivity contribution < 1.29 is 14.3 Å². The van der Waals surface area contributed by atoms with Crippen LogP contribution in [0.4, 0.5) is 11.4 Å². The van der Waals surface area contributed by atoms with Gasteiger partial charge in [-0.2, -0.15) is 5.10 Å². The molecular formula is C25H32N4O3. The Labute approximate surface area is 190 Å². The Balaban J connectivity index is 1.68. The maximum absolute atomic E-state index is 12.2. The largest absolute Gasteiger partial charge is 0.496 e. The molecule has 0 bridgehead atoms. The lowest BCUT2D eigenvalue weighted by molar-refractivity contribution is -0.123. The van der Waals surface area contributed by atoms with Crippen molar-refractivity contribution in [2.45, 2.75) is 26.3 Å². The van der Waals surface area contributed by atoms with Gasteiger partial charge in [0.15, 0.2) is 6.61 Å². The monoisotopic (exact) mass is 436 g/mol. The number of nitrogens with one attached hydrogen (secondary N) is 1. The van der Waals surface area contributed by atoms with Gasteiger partial charge < -0.3 is 19.3 Å². The zero-order valence-electron chi connectivity index (χ0n) is 19.9. The van der Waals surface area contributed by atoms with Crippen molar-refractivity contribution in [2.75, 3.05) is 44.7 Å². The van der Waals surface area contributed by atoms with Crippen LogP contribution in [-0.4, -0.2) is 52.5 Å². The van der Waals surface area contributed by atoms with E-state index >= 15 is 0 Å². The molecule has 0 saturated carbocycles. The van der Waals surface area contributed by atoms with E-state index in [2.05, 4.69) is 49.3 Å². The molecular weight excluding hydrogens is 404 g/mol. The number of rotatable bonds is 7. The third-order valence-electron chi connectivity index (χ3n) is 5.67. The van der Waals surface area contributed by atoms with Crippen LogP contribution in [0.1, 0.15) is 31.9 Å². The zero-order chi connectivity index (χ0) is 23.5. The summed E-state index contributed by atoms with van der Waals surface area (Å²) < 4.78 is 11.2. The summed E-state index contributed by atoms with van der Waals surface area (Å²) >= 11 is 0. The number of hydrogen-bond donors (Lipinski definition) is 1. The predicted octanol–water partition coefficient (Wildman–Crippen LogP) is 3.92. The highest BCUT2D eigenvalue weighted by atomic mass is 16.5. The average molecular weight is 437 g/mol. The maximum Gasteiger partial charge on any atom is 0.277 e. The summed E-state index contributed by atoms with van der Waals surface area (Å²) in [6.07, 6.45) is 3.84. The lowest BCUT2D eigenvalue weighted by Crippen LogP contribution is -2.42. The quantitative estimate of drug-likeness (QED) is 0.526. The zero-order valence-corrected chi connectivity index (χ0v) is 19.9. The number of carbonyl (C=O) groups excluding carboxylic acids is 1. The van der Waals surface area contributed by atoms with Crippen molar-refractivity contribution in [1.29, 1.82) is 0 Å². The molecule has 1 heterocycles. The van der Waals surface area contributed by atoms with Crippen LogP contribution in [0.15, 0.2) is 47.6 Å². The van der Waals surface area contributed by atoms with Gasteiger partial charge in [0, 0.05) is 55.8 Å². The maximum atomic E-state index is 12.2. The normalized spacial score (nSPS) is 14.6. The van der Waals surface area contributed by atoms with Crippen LogP contribution in [0.25, 0.3) is 5.57 Å². The molecule has 1 N–H and O–H groups in total. The van der Waals surface area contributed by atoms with Crippen molar-refractivity contribution in [1.82, 2.24) is 5.43 Å².